The Kier molecular flexibility index (Phi) is 6.15. The fourth-order valence-corrected chi connectivity index (χ4v) is 4.38. The lowest BCUT2D eigenvalue weighted by molar-refractivity contribution is -0.146. The molecule has 1 aliphatic heterocycles. The molecule has 0 radical (unpaired) electrons. The molecule has 0 aromatic heterocycles. The Bertz CT molecular complexity index is 731. The van der Waals surface area contributed by atoms with Crippen LogP contribution in [0.3, 0.4) is 0 Å². The molecule has 1 fully saturated rings. The third-order valence-electron chi connectivity index (χ3n) is 4.12. The third kappa shape index (κ3) is 4.17. The van der Waals surface area contributed by atoms with Crippen molar-refractivity contribution in [2.24, 2.45) is 0 Å². The molecule has 1 aromatic carbocycles. The fourth-order valence-electron chi connectivity index (χ4n) is 2.72. The van der Waals surface area contributed by atoms with Crippen molar-refractivity contribution in [1.82, 2.24) is 9.62 Å². The number of methoxy groups -OCH3 is 1. The van der Waals surface area contributed by atoms with E-state index < -0.39 is 40.6 Å². The molecule has 2 rings (SSSR count). The summed E-state index contributed by atoms with van der Waals surface area (Å²) in [5, 5.41) is 11.6. The molecule has 0 unspecified atom stereocenters. The molecule has 1 saturated heterocycles. The number of carbonyl (C=O) groups is 2. The second-order valence-corrected chi connectivity index (χ2v) is 7.74. The van der Waals surface area contributed by atoms with Crippen LogP contribution in [-0.2, 0) is 24.3 Å². The lowest BCUT2D eigenvalue weighted by atomic mass is 10.2. The molecule has 1 aromatic rings. The number of amides is 1. The van der Waals surface area contributed by atoms with E-state index in [0.29, 0.717) is 12.8 Å². The van der Waals surface area contributed by atoms with Gasteiger partial charge in [0.25, 0.3) is 0 Å². The van der Waals surface area contributed by atoms with Crippen LogP contribution >= 0.6 is 0 Å². The van der Waals surface area contributed by atoms with Crippen LogP contribution in [0.4, 0.5) is 0 Å². The summed E-state index contributed by atoms with van der Waals surface area (Å²) in [6.07, 6.45) is 0.876. The van der Waals surface area contributed by atoms with Gasteiger partial charge in [0, 0.05) is 6.54 Å². The molecular formula is C16H22N2O6S. The first kappa shape index (κ1) is 19.4. The number of esters is 1. The number of ether oxygens (including phenoxy) is 1. The Morgan fingerprint density at radius 1 is 1.36 bits per heavy atom. The molecule has 1 amide bonds. The summed E-state index contributed by atoms with van der Waals surface area (Å²) in [6.45, 7) is 1.44. The first-order valence-electron chi connectivity index (χ1n) is 7.89. The van der Waals surface area contributed by atoms with Gasteiger partial charge in [0.05, 0.1) is 18.6 Å². The van der Waals surface area contributed by atoms with Crippen LogP contribution in [0.1, 0.15) is 18.4 Å². The summed E-state index contributed by atoms with van der Waals surface area (Å²) in [5.74, 6) is -1.42. The molecule has 1 aliphatic rings. The van der Waals surface area contributed by atoms with Gasteiger partial charge in [-0.2, -0.15) is 4.31 Å². The topological polar surface area (TPSA) is 113 Å². The summed E-state index contributed by atoms with van der Waals surface area (Å²) in [6, 6.07) is 4.24. The zero-order valence-electron chi connectivity index (χ0n) is 14.1. The number of hydrogen-bond acceptors (Lipinski definition) is 6. The SMILES string of the molecule is COC(=O)[C@H](CO)NC(=O)[C@@H]1CCCN1S(=O)(=O)c1ccc(C)cc1. The van der Waals surface area contributed by atoms with Gasteiger partial charge in [-0.15, -0.1) is 0 Å². The van der Waals surface area contributed by atoms with E-state index in [1.54, 1.807) is 12.1 Å². The van der Waals surface area contributed by atoms with Gasteiger partial charge in [0.2, 0.25) is 15.9 Å². The normalized spacial score (nSPS) is 19.4. The van der Waals surface area contributed by atoms with Gasteiger partial charge in [-0.1, -0.05) is 17.7 Å². The second-order valence-electron chi connectivity index (χ2n) is 5.85. The van der Waals surface area contributed by atoms with E-state index in [1.165, 1.54) is 12.1 Å². The molecule has 0 aliphatic carbocycles. The largest absolute Gasteiger partial charge is 0.467 e. The molecule has 8 nitrogen and oxygen atoms in total. The Morgan fingerprint density at radius 3 is 2.56 bits per heavy atom. The number of carbonyl (C=O) groups excluding carboxylic acids is 2. The zero-order valence-corrected chi connectivity index (χ0v) is 15.0. The summed E-state index contributed by atoms with van der Waals surface area (Å²) in [4.78, 5) is 24.1. The van der Waals surface area contributed by atoms with Gasteiger partial charge in [-0.25, -0.2) is 13.2 Å². The molecule has 138 valence electrons. The summed E-state index contributed by atoms with van der Waals surface area (Å²) >= 11 is 0. The minimum Gasteiger partial charge on any atom is -0.467 e. The van der Waals surface area contributed by atoms with Crippen molar-refractivity contribution in [3.05, 3.63) is 29.8 Å². The first-order valence-corrected chi connectivity index (χ1v) is 9.33. The van der Waals surface area contributed by atoms with Crippen molar-refractivity contribution in [2.75, 3.05) is 20.3 Å². The number of aryl methyl sites for hydroxylation is 1. The number of rotatable bonds is 6. The van der Waals surface area contributed by atoms with Crippen LogP contribution in [0.25, 0.3) is 0 Å². The zero-order chi connectivity index (χ0) is 18.6. The molecule has 1 heterocycles. The predicted molar refractivity (Wildman–Crippen MR) is 89.1 cm³/mol. The van der Waals surface area contributed by atoms with E-state index in [0.717, 1.165) is 17.0 Å². The molecule has 25 heavy (non-hydrogen) atoms. The van der Waals surface area contributed by atoms with Crippen molar-refractivity contribution in [3.63, 3.8) is 0 Å². The minimum atomic E-state index is -3.82. The van der Waals surface area contributed by atoms with Gasteiger partial charge in [0.15, 0.2) is 6.04 Å². The van der Waals surface area contributed by atoms with Crippen molar-refractivity contribution in [3.8, 4) is 0 Å². The maximum Gasteiger partial charge on any atom is 0.330 e. The molecule has 0 saturated carbocycles. The van der Waals surface area contributed by atoms with Gasteiger partial charge in [-0.05, 0) is 31.9 Å². The highest BCUT2D eigenvalue weighted by molar-refractivity contribution is 7.89. The molecule has 0 bridgehead atoms. The van der Waals surface area contributed by atoms with Crippen LogP contribution in [0.2, 0.25) is 0 Å². The molecule has 2 N–H and O–H groups in total. The van der Waals surface area contributed by atoms with Crippen LogP contribution in [0.15, 0.2) is 29.2 Å². The van der Waals surface area contributed by atoms with Crippen molar-refractivity contribution >= 4 is 21.9 Å². The van der Waals surface area contributed by atoms with E-state index >= 15 is 0 Å². The highest BCUT2D eigenvalue weighted by atomic mass is 32.2. The average Bonchev–Trinajstić information content (AvgIpc) is 3.10. The van der Waals surface area contributed by atoms with Crippen molar-refractivity contribution in [2.45, 2.75) is 36.7 Å². The predicted octanol–water partition coefficient (Wildman–Crippen LogP) is -0.202. The first-order chi connectivity index (χ1) is 11.8. The van der Waals surface area contributed by atoms with E-state index in [-0.39, 0.29) is 11.4 Å². The Morgan fingerprint density at radius 2 is 2.00 bits per heavy atom. The monoisotopic (exact) mass is 370 g/mol. The number of benzene rings is 1. The summed E-state index contributed by atoms with van der Waals surface area (Å²) in [7, 11) is -2.68. The van der Waals surface area contributed by atoms with E-state index in [9.17, 15) is 23.1 Å². The van der Waals surface area contributed by atoms with Gasteiger partial charge in [0.1, 0.15) is 6.04 Å². The smallest absolute Gasteiger partial charge is 0.330 e. The number of nitrogens with one attached hydrogen (secondary N) is 1. The van der Waals surface area contributed by atoms with Crippen molar-refractivity contribution in [1.29, 1.82) is 0 Å². The fraction of sp³-hybridized carbons (Fsp3) is 0.500. The molecule has 0 spiro atoms. The lowest BCUT2D eigenvalue weighted by Crippen LogP contribution is -2.52. The molecular weight excluding hydrogens is 348 g/mol. The van der Waals surface area contributed by atoms with Gasteiger partial charge < -0.3 is 15.2 Å². The Hall–Kier alpha value is -1.97. The Balaban J connectivity index is 2.20. The average molecular weight is 370 g/mol. The second kappa shape index (κ2) is 7.94. The number of aliphatic hydroxyl groups excluding tert-OH is 1. The Labute approximate surface area is 146 Å². The number of sulfonamides is 1. The van der Waals surface area contributed by atoms with Gasteiger partial charge >= 0.3 is 5.97 Å². The number of nitrogens with zero attached hydrogens (tertiary/aromatic N) is 1. The number of aliphatic hydroxyl groups is 1. The quantitative estimate of drug-likeness (QED) is 0.671. The minimum absolute atomic E-state index is 0.115. The van der Waals surface area contributed by atoms with E-state index in [4.69, 9.17) is 0 Å². The van der Waals surface area contributed by atoms with Crippen molar-refractivity contribution < 1.29 is 27.9 Å². The lowest BCUT2D eigenvalue weighted by Gasteiger charge is -2.25. The highest BCUT2D eigenvalue weighted by Gasteiger charge is 2.40. The third-order valence-corrected chi connectivity index (χ3v) is 6.04. The summed E-state index contributed by atoms with van der Waals surface area (Å²) in [5.41, 5.74) is 0.929. The molecule has 2 atom stereocenters. The maximum atomic E-state index is 12.8. The van der Waals surface area contributed by atoms with E-state index in [2.05, 4.69) is 10.1 Å². The van der Waals surface area contributed by atoms with Crippen LogP contribution < -0.4 is 5.32 Å². The summed E-state index contributed by atoms with van der Waals surface area (Å²) < 4.78 is 31.3. The van der Waals surface area contributed by atoms with Crippen LogP contribution in [-0.4, -0.2) is 62.1 Å². The van der Waals surface area contributed by atoms with Crippen LogP contribution in [0, 0.1) is 6.92 Å². The molecule has 9 heteroatoms. The maximum absolute atomic E-state index is 12.8. The van der Waals surface area contributed by atoms with Gasteiger partial charge in [-0.3, -0.25) is 4.79 Å². The number of hydrogen-bond donors (Lipinski definition) is 2. The highest BCUT2D eigenvalue weighted by Crippen LogP contribution is 2.26. The standard InChI is InChI=1S/C16H22N2O6S/c1-11-5-7-12(8-6-11)25(22,23)18-9-3-4-14(18)15(20)17-13(10-19)16(21)24-2/h5-8,13-14,19H,3-4,9-10H2,1-2H3,(H,17,20)/t13-,14-/m0/s1. The van der Waals surface area contributed by atoms with Crippen LogP contribution in [0.5, 0.6) is 0 Å². The van der Waals surface area contributed by atoms with E-state index in [1.807, 2.05) is 6.92 Å².